The normalized spacial score (nSPS) is 20.6. The van der Waals surface area contributed by atoms with Gasteiger partial charge >= 0.3 is 0 Å². The van der Waals surface area contributed by atoms with Crippen molar-refractivity contribution in [2.24, 2.45) is 0 Å². The highest BCUT2D eigenvalue weighted by Gasteiger charge is 2.28. The number of sulfone groups is 1. The lowest BCUT2D eigenvalue weighted by Gasteiger charge is -2.17. The average Bonchev–Trinajstić information content (AvgIpc) is 2.77. The van der Waals surface area contributed by atoms with Gasteiger partial charge in [0.1, 0.15) is 0 Å². The van der Waals surface area contributed by atoms with Crippen LogP contribution in [0.1, 0.15) is 18.4 Å². The molecule has 1 atom stereocenters. The van der Waals surface area contributed by atoms with E-state index >= 15 is 0 Å². The predicted octanol–water partition coefficient (Wildman–Crippen LogP) is 0.812. The predicted molar refractivity (Wildman–Crippen MR) is 82.6 cm³/mol. The van der Waals surface area contributed by atoms with Crippen molar-refractivity contribution in [2.75, 3.05) is 25.1 Å². The average molecular weight is 310 g/mol. The molecule has 6 heteroatoms. The zero-order valence-corrected chi connectivity index (χ0v) is 13.1. The molecule has 1 aromatic rings. The minimum atomic E-state index is -2.94. The highest BCUT2D eigenvalue weighted by molar-refractivity contribution is 7.91. The van der Waals surface area contributed by atoms with Crippen LogP contribution in [0.15, 0.2) is 30.3 Å². The Kier molecular flexibility index (Phi) is 5.36. The molecule has 1 aromatic carbocycles. The van der Waals surface area contributed by atoms with Gasteiger partial charge in [-0.25, -0.2) is 8.42 Å². The maximum atomic E-state index is 11.8. The molecule has 21 heavy (non-hydrogen) atoms. The monoisotopic (exact) mass is 310 g/mol. The van der Waals surface area contributed by atoms with Crippen molar-refractivity contribution in [3.63, 3.8) is 0 Å². The third-order valence-electron chi connectivity index (χ3n) is 3.61. The van der Waals surface area contributed by atoms with E-state index in [0.29, 0.717) is 19.4 Å². The third kappa shape index (κ3) is 5.47. The summed E-state index contributed by atoms with van der Waals surface area (Å²) in [7, 11) is -0.966. The number of amides is 1. The zero-order valence-electron chi connectivity index (χ0n) is 12.3. The lowest BCUT2D eigenvalue weighted by molar-refractivity contribution is -0.121. The van der Waals surface area contributed by atoms with Crippen LogP contribution in [0, 0.1) is 0 Å². The summed E-state index contributed by atoms with van der Waals surface area (Å²) in [4.78, 5) is 13.9. The lowest BCUT2D eigenvalue weighted by Crippen LogP contribution is -2.37. The Morgan fingerprint density at radius 1 is 1.33 bits per heavy atom. The summed E-state index contributed by atoms with van der Waals surface area (Å²) < 4.78 is 22.7. The van der Waals surface area contributed by atoms with E-state index in [-0.39, 0.29) is 23.5 Å². The van der Waals surface area contributed by atoms with Gasteiger partial charge in [0, 0.05) is 25.6 Å². The quantitative estimate of drug-likeness (QED) is 0.844. The van der Waals surface area contributed by atoms with Crippen molar-refractivity contribution < 1.29 is 13.2 Å². The van der Waals surface area contributed by atoms with E-state index in [2.05, 4.69) is 22.3 Å². The molecule has 116 valence electrons. The number of carbonyl (C=O) groups excluding carboxylic acids is 1. The molecule has 1 heterocycles. The van der Waals surface area contributed by atoms with Gasteiger partial charge in [0.15, 0.2) is 9.84 Å². The third-order valence-corrected chi connectivity index (χ3v) is 5.38. The van der Waals surface area contributed by atoms with Gasteiger partial charge in [0.05, 0.1) is 11.5 Å². The van der Waals surface area contributed by atoms with Gasteiger partial charge in [-0.3, -0.25) is 4.79 Å². The van der Waals surface area contributed by atoms with Gasteiger partial charge in [-0.15, -0.1) is 0 Å². The minimum Gasteiger partial charge on any atom is -0.352 e. The van der Waals surface area contributed by atoms with Crippen molar-refractivity contribution in [3.8, 4) is 0 Å². The molecule has 1 amide bonds. The van der Waals surface area contributed by atoms with Crippen LogP contribution in [0.3, 0.4) is 0 Å². The van der Waals surface area contributed by atoms with E-state index in [1.165, 1.54) is 5.56 Å². The Labute approximate surface area is 126 Å². The number of carbonyl (C=O) groups is 1. The van der Waals surface area contributed by atoms with Crippen molar-refractivity contribution in [3.05, 3.63) is 35.9 Å². The molecule has 0 saturated carbocycles. The van der Waals surface area contributed by atoms with E-state index < -0.39 is 9.84 Å². The van der Waals surface area contributed by atoms with Gasteiger partial charge in [0.25, 0.3) is 0 Å². The molecular formula is C15H22N2O3S. The zero-order chi connectivity index (χ0) is 15.3. The highest BCUT2D eigenvalue weighted by atomic mass is 32.2. The summed E-state index contributed by atoms with van der Waals surface area (Å²) in [6, 6.07) is 9.88. The number of nitrogens with one attached hydrogen (secondary N) is 1. The number of hydrogen-bond donors (Lipinski definition) is 1. The van der Waals surface area contributed by atoms with Gasteiger partial charge in [-0.05, 0) is 19.0 Å². The lowest BCUT2D eigenvalue weighted by atomic mass is 10.2. The Bertz CT molecular complexity index is 572. The van der Waals surface area contributed by atoms with Crippen LogP contribution in [-0.2, 0) is 21.2 Å². The van der Waals surface area contributed by atoms with E-state index in [1.807, 2.05) is 25.2 Å². The number of hydrogen-bond acceptors (Lipinski definition) is 4. The molecule has 0 spiro atoms. The van der Waals surface area contributed by atoms with Gasteiger partial charge in [-0.2, -0.15) is 0 Å². The van der Waals surface area contributed by atoms with Crippen LogP contribution in [0.2, 0.25) is 0 Å². The Balaban J connectivity index is 1.69. The van der Waals surface area contributed by atoms with Crippen LogP contribution >= 0.6 is 0 Å². The molecule has 0 radical (unpaired) electrons. The minimum absolute atomic E-state index is 0.0722. The van der Waals surface area contributed by atoms with E-state index in [9.17, 15) is 13.2 Å². The number of nitrogens with zero attached hydrogens (tertiary/aromatic N) is 1. The van der Waals surface area contributed by atoms with E-state index in [4.69, 9.17) is 0 Å². The Morgan fingerprint density at radius 2 is 2.05 bits per heavy atom. The largest absolute Gasteiger partial charge is 0.352 e. The van der Waals surface area contributed by atoms with Crippen molar-refractivity contribution in [1.82, 2.24) is 10.2 Å². The molecule has 0 aliphatic carbocycles. The molecule has 2 rings (SSSR count). The summed E-state index contributed by atoms with van der Waals surface area (Å²) in [6.45, 7) is 1.45. The van der Waals surface area contributed by atoms with Crippen LogP contribution in [0.25, 0.3) is 0 Å². The molecular weight excluding hydrogens is 288 g/mol. The molecule has 1 saturated heterocycles. The summed E-state index contributed by atoms with van der Waals surface area (Å²) in [5.41, 5.74) is 1.21. The summed E-state index contributed by atoms with van der Waals surface area (Å²) in [5, 5.41) is 2.81. The summed E-state index contributed by atoms with van der Waals surface area (Å²) in [6.07, 6.45) is 0.924. The van der Waals surface area contributed by atoms with Crippen LogP contribution in [0.4, 0.5) is 0 Å². The first-order valence-corrected chi connectivity index (χ1v) is 8.99. The smallest absolute Gasteiger partial charge is 0.221 e. The van der Waals surface area contributed by atoms with Crippen molar-refractivity contribution in [1.29, 1.82) is 0 Å². The first kappa shape index (κ1) is 16.0. The van der Waals surface area contributed by atoms with Crippen molar-refractivity contribution >= 4 is 15.7 Å². The SMILES string of the molecule is CN(CCC(=O)NC1CCS(=O)(=O)C1)Cc1ccccc1. The van der Waals surface area contributed by atoms with Crippen LogP contribution in [0.5, 0.6) is 0 Å². The second kappa shape index (κ2) is 7.04. The topological polar surface area (TPSA) is 66.5 Å². The second-order valence-corrected chi connectivity index (χ2v) is 7.87. The fraction of sp³-hybridized carbons (Fsp3) is 0.533. The van der Waals surface area contributed by atoms with E-state index in [0.717, 1.165) is 6.54 Å². The summed E-state index contributed by atoms with van der Waals surface area (Å²) in [5.74, 6) is 0.196. The van der Waals surface area contributed by atoms with Gasteiger partial charge in [-0.1, -0.05) is 30.3 Å². The number of rotatable bonds is 6. The molecule has 5 nitrogen and oxygen atoms in total. The molecule has 1 fully saturated rings. The first-order chi connectivity index (χ1) is 9.94. The molecule has 1 aliphatic heterocycles. The second-order valence-electron chi connectivity index (χ2n) is 5.64. The standard InChI is InChI=1S/C15H22N2O3S/c1-17(11-13-5-3-2-4-6-13)9-7-15(18)16-14-8-10-21(19,20)12-14/h2-6,14H,7-12H2,1H3,(H,16,18). The van der Waals surface area contributed by atoms with Crippen LogP contribution in [-0.4, -0.2) is 50.4 Å². The maximum absolute atomic E-state index is 11.8. The highest BCUT2D eigenvalue weighted by Crippen LogP contribution is 2.11. The van der Waals surface area contributed by atoms with E-state index in [1.54, 1.807) is 0 Å². The fourth-order valence-corrected chi connectivity index (χ4v) is 4.15. The Morgan fingerprint density at radius 3 is 2.67 bits per heavy atom. The molecule has 0 bridgehead atoms. The van der Waals surface area contributed by atoms with Gasteiger partial charge in [0.2, 0.25) is 5.91 Å². The number of benzene rings is 1. The van der Waals surface area contributed by atoms with Gasteiger partial charge < -0.3 is 10.2 Å². The van der Waals surface area contributed by atoms with Crippen molar-refractivity contribution in [2.45, 2.75) is 25.4 Å². The maximum Gasteiger partial charge on any atom is 0.221 e. The molecule has 1 N–H and O–H groups in total. The molecule has 0 aromatic heterocycles. The fourth-order valence-electron chi connectivity index (χ4n) is 2.48. The Hall–Kier alpha value is -1.40. The summed E-state index contributed by atoms with van der Waals surface area (Å²) >= 11 is 0. The first-order valence-electron chi connectivity index (χ1n) is 7.17. The van der Waals surface area contributed by atoms with Crippen LogP contribution < -0.4 is 5.32 Å². The molecule has 1 unspecified atom stereocenters. The molecule has 1 aliphatic rings.